The summed E-state index contributed by atoms with van der Waals surface area (Å²) in [6, 6.07) is 16.0. The molecule has 0 unspecified atom stereocenters. The molecule has 1 aliphatic heterocycles. The number of para-hydroxylation sites is 1. The van der Waals surface area contributed by atoms with Gasteiger partial charge in [0.25, 0.3) is 11.8 Å². The Hall–Kier alpha value is -3.68. The minimum absolute atomic E-state index is 0.00542. The molecule has 2 N–H and O–H groups in total. The van der Waals surface area contributed by atoms with Gasteiger partial charge in [0.2, 0.25) is 5.91 Å². The zero-order valence-corrected chi connectivity index (χ0v) is 19.0. The first-order valence-electron chi connectivity index (χ1n) is 11.0. The van der Waals surface area contributed by atoms with Crippen LogP contribution in [-0.4, -0.2) is 47.8 Å². The maximum absolute atomic E-state index is 12.8. The van der Waals surface area contributed by atoms with E-state index in [1.807, 2.05) is 51.1 Å². The Morgan fingerprint density at radius 1 is 1.03 bits per heavy atom. The van der Waals surface area contributed by atoms with E-state index in [0.717, 1.165) is 5.56 Å². The number of anilines is 1. The van der Waals surface area contributed by atoms with Gasteiger partial charge in [0, 0.05) is 19.0 Å². The number of benzene rings is 2. The first-order valence-corrected chi connectivity index (χ1v) is 11.0. The van der Waals surface area contributed by atoms with Crippen LogP contribution in [0.4, 0.5) is 5.69 Å². The van der Waals surface area contributed by atoms with Gasteiger partial charge >= 0.3 is 5.97 Å². The van der Waals surface area contributed by atoms with Gasteiger partial charge in [-0.15, -0.1) is 0 Å². The lowest BCUT2D eigenvalue weighted by atomic mass is 10.1. The summed E-state index contributed by atoms with van der Waals surface area (Å²) in [6.07, 6.45) is 0.0846. The summed E-state index contributed by atoms with van der Waals surface area (Å²) >= 11 is 0. The summed E-state index contributed by atoms with van der Waals surface area (Å²) in [5.41, 5.74) is 1.58. The molecule has 2 aromatic carbocycles. The van der Waals surface area contributed by atoms with E-state index in [1.54, 1.807) is 29.2 Å². The molecule has 2 atom stereocenters. The molecule has 1 aliphatic rings. The molecule has 3 amide bonds. The van der Waals surface area contributed by atoms with E-state index in [1.165, 1.54) is 0 Å². The van der Waals surface area contributed by atoms with Crippen molar-refractivity contribution in [1.82, 2.24) is 10.2 Å². The average molecular weight is 452 g/mol. The molecule has 0 saturated carbocycles. The van der Waals surface area contributed by atoms with Gasteiger partial charge in [0.15, 0.2) is 6.61 Å². The van der Waals surface area contributed by atoms with E-state index in [-0.39, 0.29) is 30.3 Å². The number of hydrogen-bond donors (Lipinski definition) is 2. The van der Waals surface area contributed by atoms with Crippen molar-refractivity contribution in [3.63, 3.8) is 0 Å². The lowest BCUT2D eigenvalue weighted by molar-refractivity contribution is -0.151. The van der Waals surface area contributed by atoms with Crippen LogP contribution in [0.1, 0.15) is 49.2 Å². The Labute approximate surface area is 193 Å². The predicted octanol–water partition coefficient (Wildman–Crippen LogP) is 2.92. The van der Waals surface area contributed by atoms with E-state index >= 15 is 0 Å². The fourth-order valence-electron chi connectivity index (χ4n) is 3.72. The van der Waals surface area contributed by atoms with Crippen LogP contribution >= 0.6 is 0 Å². The maximum atomic E-state index is 12.8. The van der Waals surface area contributed by atoms with Crippen molar-refractivity contribution in [3.8, 4) is 0 Å². The molecule has 0 radical (unpaired) electrons. The SMILES string of the molecule is CC(C)N1C[C@H](C(=O)OCC(=O)Nc2ccccc2C(=O)N[C@@H](C)c2ccccc2)CC1=O. The van der Waals surface area contributed by atoms with Crippen molar-refractivity contribution < 1.29 is 23.9 Å². The van der Waals surface area contributed by atoms with Crippen molar-refractivity contribution in [2.75, 3.05) is 18.5 Å². The number of amides is 3. The molecule has 0 bridgehead atoms. The minimum Gasteiger partial charge on any atom is -0.455 e. The van der Waals surface area contributed by atoms with Crippen molar-refractivity contribution in [2.24, 2.45) is 5.92 Å². The first-order chi connectivity index (χ1) is 15.8. The fraction of sp³-hybridized carbons (Fsp3) is 0.360. The monoisotopic (exact) mass is 451 g/mol. The molecule has 2 aromatic rings. The van der Waals surface area contributed by atoms with Crippen molar-refractivity contribution >= 4 is 29.4 Å². The molecular formula is C25H29N3O5. The maximum Gasteiger partial charge on any atom is 0.311 e. The summed E-state index contributed by atoms with van der Waals surface area (Å²) in [6.45, 7) is 5.43. The number of likely N-dealkylation sites (tertiary alicyclic amines) is 1. The van der Waals surface area contributed by atoms with Crippen LogP contribution in [0.2, 0.25) is 0 Å². The van der Waals surface area contributed by atoms with Crippen LogP contribution < -0.4 is 10.6 Å². The molecule has 1 saturated heterocycles. The molecular weight excluding hydrogens is 422 g/mol. The average Bonchev–Trinajstić information content (AvgIpc) is 3.20. The van der Waals surface area contributed by atoms with E-state index in [4.69, 9.17) is 4.74 Å². The molecule has 33 heavy (non-hydrogen) atoms. The van der Waals surface area contributed by atoms with Gasteiger partial charge in [-0.3, -0.25) is 19.2 Å². The van der Waals surface area contributed by atoms with Crippen molar-refractivity contribution in [3.05, 3.63) is 65.7 Å². The fourth-order valence-corrected chi connectivity index (χ4v) is 3.72. The number of esters is 1. The van der Waals surface area contributed by atoms with E-state index < -0.39 is 24.4 Å². The number of ether oxygens (including phenoxy) is 1. The standard InChI is InChI=1S/C25H29N3O5/c1-16(2)28-14-19(13-23(28)30)25(32)33-15-22(29)27-21-12-8-7-11-20(21)24(31)26-17(3)18-9-5-4-6-10-18/h4-12,16-17,19H,13-15H2,1-3H3,(H,26,31)(H,27,29)/t17-,19+/m0/s1. The van der Waals surface area contributed by atoms with Crippen LogP contribution in [0, 0.1) is 5.92 Å². The van der Waals surface area contributed by atoms with Crippen LogP contribution in [0.5, 0.6) is 0 Å². The van der Waals surface area contributed by atoms with E-state index in [2.05, 4.69) is 10.6 Å². The van der Waals surface area contributed by atoms with E-state index in [0.29, 0.717) is 17.8 Å². The zero-order chi connectivity index (χ0) is 24.0. The minimum atomic E-state index is -0.579. The van der Waals surface area contributed by atoms with Gasteiger partial charge in [-0.2, -0.15) is 0 Å². The number of nitrogens with one attached hydrogen (secondary N) is 2. The molecule has 3 rings (SSSR count). The van der Waals surface area contributed by atoms with Gasteiger partial charge in [0.05, 0.1) is 23.2 Å². The molecule has 1 fully saturated rings. The second-order valence-electron chi connectivity index (χ2n) is 8.35. The van der Waals surface area contributed by atoms with Gasteiger partial charge in [0.1, 0.15) is 0 Å². The second kappa shape index (κ2) is 10.8. The topological polar surface area (TPSA) is 105 Å². The van der Waals surface area contributed by atoms with Crippen LogP contribution in [0.25, 0.3) is 0 Å². The Balaban J connectivity index is 1.56. The van der Waals surface area contributed by atoms with Gasteiger partial charge in [-0.1, -0.05) is 42.5 Å². The van der Waals surface area contributed by atoms with Gasteiger partial charge in [-0.25, -0.2) is 0 Å². The predicted molar refractivity (Wildman–Crippen MR) is 123 cm³/mol. The number of hydrogen-bond acceptors (Lipinski definition) is 5. The largest absolute Gasteiger partial charge is 0.455 e. The summed E-state index contributed by atoms with van der Waals surface area (Å²) in [7, 11) is 0. The number of nitrogens with zero attached hydrogens (tertiary/aromatic N) is 1. The lowest BCUT2D eigenvalue weighted by Crippen LogP contribution is -2.33. The number of carbonyl (C=O) groups is 4. The first kappa shape index (κ1) is 24.0. The third kappa shape index (κ3) is 6.19. The van der Waals surface area contributed by atoms with Gasteiger partial charge in [-0.05, 0) is 38.5 Å². The Morgan fingerprint density at radius 3 is 2.36 bits per heavy atom. The van der Waals surface area contributed by atoms with E-state index in [9.17, 15) is 19.2 Å². The highest BCUT2D eigenvalue weighted by molar-refractivity contribution is 6.04. The summed E-state index contributed by atoms with van der Waals surface area (Å²) < 4.78 is 5.13. The zero-order valence-electron chi connectivity index (χ0n) is 19.0. The molecule has 1 heterocycles. The highest BCUT2D eigenvalue weighted by Crippen LogP contribution is 2.22. The Morgan fingerprint density at radius 2 is 1.70 bits per heavy atom. The summed E-state index contributed by atoms with van der Waals surface area (Å²) in [4.78, 5) is 51.1. The number of carbonyl (C=O) groups excluding carboxylic acids is 4. The molecule has 174 valence electrons. The third-order valence-electron chi connectivity index (χ3n) is 5.55. The molecule has 0 aliphatic carbocycles. The normalized spacial score (nSPS) is 16.4. The third-order valence-corrected chi connectivity index (χ3v) is 5.55. The quantitative estimate of drug-likeness (QED) is 0.601. The number of rotatable bonds is 8. The summed E-state index contributed by atoms with van der Waals surface area (Å²) in [5.74, 6) is -2.15. The Bertz CT molecular complexity index is 1020. The lowest BCUT2D eigenvalue weighted by Gasteiger charge is -2.20. The molecule has 8 nitrogen and oxygen atoms in total. The molecule has 0 spiro atoms. The van der Waals surface area contributed by atoms with Crippen LogP contribution in [0.3, 0.4) is 0 Å². The second-order valence-corrected chi connectivity index (χ2v) is 8.35. The van der Waals surface area contributed by atoms with Crippen molar-refractivity contribution in [1.29, 1.82) is 0 Å². The smallest absolute Gasteiger partial charge is 0.311 e. The highest BCUT2D eigenvalue weighted by atomic mass is 16.5. The highest BCUT2D eigenvalue weighted by Gasteiger charge is 2.36. The summed E-state index contributed by atoms with van der Waals surface area (Å²) in [5, 5.41) is 5.55. The van der Waals surface area contributed by atoms with Crippen molar-refractivity contribution in [2.45, 2.75) is 39.3 Å². The van der Waals surface area contributed by atoms with Crippen LogP contribution in [-0.2, 0) is 19.1 Å². The van der Waals surface area contributed by atoms with Crippen LogP contribution in [0.15, 0.2) is 54.6 Å². The molecule has 8 heteroatoms. The van der Waals surface area contributed by atoms with Gasteiger partial charge < -0.3 is 20.3 Å². The molecule has 0 aromatic heterocycles. The Kier molecular flexibility index (Phi) is 7.82.